The Labute approximate surface area is 104 Å². The molecule has 0 saturated heterocycles. The van der Waals surface area contributed by atoms with Gasteiger partial charge in [0.25, 0.3) is 0 Å². The Morgan fingerprint density at radius 3 is 2.25 bits per heavy atom. The summed E-state index contributed by atoms with van der Waals surface area (Å²) in [4.78, 5) is 1.42. The number of hydrogen-bond donors (Lipinski definition) is 1. The van der Waals surface area contributed by atoms with E-state index in [9.17, 15) is 0 Å². The van der Waals surface area contributed by atoms with Crippen LogP contribution in [0.15, 0.2) is 11.4 Å². The van der Waals surface area contributed by atoms with Crippen molar-refractivity contribution in [3.05, 3.63) is 21.9 Å². The molecule has 0 saturated carbocycles. The van der Waals surface area contributed by atoms with Gasteiger partial charge in [-0.2, -0.15) is 0 Å². The molecule has 0 bridgehead atoms. The largest absolute Gasteiger partial charge is 0.313 e. The van der Waals surface area contributed by atoms with Gasteiger partial charge in [-0.15, -0.1) is 11.3 Å². The molecule has 1 N–H and O–H groups in total. The molecular formula is C14H25NS. The maximum atomic E-state index is 3.51. The highest BCUT2D eigenvalue weighted by Gasteiger charge is 2.20. The third kappa shape index (κ3) is 3.60. The van der Waals surface area contributed by atoms with Crippen LogP contribution < -0.4 is 5.32 Å². The topological polar surface area (TPSA) is 12.0 Å². The van der Waals surface area contributed by atoms with E-state index in [1.807, 2.05) is 11.3 Å². The lowest BCUT2D eigenvalue weighted by Gasteiger charge is -2.26. The molecule has 1 heterocycles. The second-order valence-corrected chi connectivity index (χ2v) is 5.71. The maximum Gasteiger partial charge on any atom is 0.0354 e. The van der Waals surface area contributed by atoms with Crippen LogP contribution in [0.25, 0.3) is 0 Å². The van der Waals surface area contributed by atoms with Gasteiger partial charge in [-0.25, -0.2) is 0 Å². The maximum absolute atomic E-state index is 3.51. The molecule has 1 aromatic heterocycles. The number of thiophene rings is 1. The molecule has 1 aromatic rings. The Morgan fingerprint density at radius 1 is 1.25 bits per heavy atom. The van der Waals surface area contributed by atoms with E-state index in [4.69, 9.17) is 0 Å². The Bertz CT molecular complexity index is 287. The smallest absolute Gasteiger partial charge is 0.0354 e. The summed E-state index contributed by atoms with van der Waals surface area (Å²) in [5, 5.41) is 5.82. The SMILES string of the molecule is CCCC(CCC)C(NC)c1csc(C)c1. The van der Waals surface area contributed by atoms with Gasteiger partial charge in [-0.1, -0.05) is 26.7 Å². The van der Waals surface area contributed by atoms with Crippen LogP contribution >= 0.6 is 11.3 Å². The van der Waals surface area contributed by atoms with Crippen molar-refractivity contribution in [2.24, 2.45) is 5.92 Å². The lowest BCUT2D eigenvalue weighted by Crippen LogP contribution is -2.24. The van der Waals surface area contributed by atoms with Crippen molar-refractivity contribution in [2.45, 2.75) is 52.5 Å². The van der Waals surface area contributed by atoms with E-state index in [1.54, 1.807) is 0 Å². The first-order valence-electron chi connectivity index (χ1n) is 6.45. The van der Waals surface area contributed by atoms with Gasteiger partial charge in [0.1, 0.15) is 0 Å². The Balaban J connectivity index is 2.76. The van der Waals surface area contributed by atoms with Crippen LogP contribution in [-0.2, 0) is 0 Å². The summed E-state index contributed by atoms with van der Waals surface area (Å²) in [5.41, 5.74) is 1.48. The monoisotopic (exact) mass is 239 g/mol. The van der Waals surface area contributed by atoms with Crippen LogP contribution in [0.5, 0.6) is 0 Å². The third-order valence-corrected chi connectivity index (χ3v) is 4.09. The normalized spacial score (nSPS) is 13.3. The van der Waals surface area contributed by atoms with E-state index in [1.165, 1.54) is 36.1 Å². The lowest BCUT2D eigenvalue weighted by molar-refractivity contribution is 0.331. The zero-order valence-corrected chi connectivity index (χ0v) is 11.9. The second kappa shape index (κ2) is 7.08. The van der Waals surface area contributed by atoms with E-state index < -0.39 is 0 Å². The van der Waals surface area contributed by atoms with Gasteiger partial charge in [0.2, 0.25) is 0 Å². The van der Waals surface area contributed by atoms with Crippen molar-refractivity contribution < 1.29 is 0 Å². The molecule has 1 unspecified atom stereocenters. The number of nitrogens with one attached hydrogen (secondary N) is 1. The molecule has 0 spiro atoms. The fourth-order valence-electron chi connectivity index (χ4n) is 2.52. The van der Waals surface area contributed by atoms with Crippen LogP contribution in [-0.4, -0.2) is 7.05 Å². The molecular weight excluding hydrogens is 214 g/mol. The molecule has 0 aliphatic heterocycles. The molecule has 0 aromatic carbocycles. The minimum absolute atomic E-state index is 0.546. The minimum Gasteiger partial charge on any atom is -0.313 e. The van der Waals surface area contributed by atoms with E-state index >= 15 is 0 Å². The summed E-state index contributed by atoms with van der Waals surface area (Å²) in [7, 11) is 2.09. The van der Waals surface area contributed by atoms with Crippen molar-refractivity contribution in [1.82, 2.24) is 5.32 Å². The van der Waals surface area contributed by atoms with Gasteiger partial charge >= 0.3 is 0 Å². The predicted octanol–water partition coefficient (Wildman–Crippen LogP) is 4.53. The van der Waals surface area contributed by atoms with Gasteiger partial charge in [-0.05, 0) is 49.7 Å². The highest BCUT2D eigenvalue weighted by molar-refractivity contribution is 7.10. The summed E-state index contributed by atoms with van der Waals surface area (Å²) in [6.45, 7) is 6.76. The van der Waals surface area contributed by atoms with Crippen molar-refractivity contribution in [3.63, 3.8) is 0 Å². The minimum atomic E-state index is 0.546. The highest BCUT2D eigenvalue weighted by Crippen LogP contribution is 2.31. The molecule has 0 amide bonds. The first-order valence-corrected chi connectivity index (χ1v) is 7.33. The molecule has 1 rings (SSSR count). The summed E-state index contributed by atoms with van der Waals surface area (Å²) in [5.74, 6) is 0.786. The zero-order chi connectivity index (χ0) is 12.0. The number of hydrogen-bond acceptors (Lipinski definition) is 2. The summed E-state index contributed by atoms with van der Waals surface area (Å²) in [6.07, 6.45) is 5.22. The summed E-state index contributed by atoms with van der Waals surface area (Å²) < 4.78 is 0. The van der Waals surface area contributed by atoms with Crippen molar-refractivity contribution in [3.8, 4) is 0 Å². The van der Waals surface area contributed by atoms with Gasteiger partial charge in [0.05, 0.1) is 0 Å². The fourth-order valence-corrected chi connectivity index (χ4v) is 3.26. The average Bonchev–Trinajstić information content (AvgIpc) is 2.67. The molecule has 92 valence electrons. The number of aryl methyl sites for hydroxylation is 1. The third-order valence-electron chi connectivity index (χ3n) is 3.21. The first kappa shape index (κ1) is 13.7. The molecule has 16 heavy (non-hydrogen) atoms. The second-order valence-electron chi connectivity index (χ2n) is 4.59. The van der Waals surface area contributed by atoms with Gasteiger partial charge < -0.3 is 5.32 Å². The fraction of sp³-hybridized carbons (Fsp3) is 0.714. The van der Waals surface area contributed by atoms with Crippen molar-refractivity contribution >= 4 is 11.3 Å². The van der Waals surface area contributed by atoms with Gasteiger partial charge in [-0.3, -0.25) is 0 Å². The van der Waals surface area contributed by atoms with E-state index in [0.717, 1.165) is 5.92 Å². The van der Waals surface area contributed by atoms with Crippen LogP contribution in [0.2, 0.25) is 0 Å². The Hall–Kier alpha value is -0.340. The molecule has 0 aliphatic rings. The Morgan fingerprint density at radius 2 is 1.88 bits per heavy atom. The van der Waals surface area contributed by atoms with E-state index in [-0.39, 0.29) is 0 Å². The van der Waals surface area contributed by atoms with Gasteiger partial charge in [0.15, 0.2) is 0 Å². The van der Waals surface area contributed by atoms with Crippen LogP contribution in [0.4, 0.5) is 0 Å². The van der Waals surface area contributed by atoms with Crippen molar-refractivity contribution in [2.75, 3.05) is 7.05 Å². The average molecular weight is 239 g/mol. The van der Waals surface area contributed by atoms with E-state index in [2.05, 4.69) is 44.6 Å². The summed E-state index contributed by atoms with van der Waals surface area (Å²) in [6, 6.07) is 2.88. The van der Waals surface area contributed by atoms with Gasteiger partial charge in [0, 0.05) is 10.9 Å². The first-order chi connectivity index (χ1) is 7.72. The Kier molecular flexibility index (Phi) is 6.07. The van der Waals surface area contributed by atoms with Crippen LogP contribution in [0.1, 0.15) is 56.0 Å². The standard InChI is InChI=1S/C14H25NS/c1-5-7-12(8-6-2)14(15-4)13-9-11(3)16-10-13/h9-10,12,14-15H,5-8H2,1-4H3. The quantitative estimate of drug-likeness (QED) is 0.737. The molecule has 2 heteroatoms. The van der Waals surface area contributed by atoms with Crippen LogP contribution in [0, 0.1) is 12.8 Å². The van der Waals surface area contributed by atoms with Crippen molar-refractivity contribution in [1.29, 1.82) is 0 Å². The number of rotatable bonds is 7. The van der Waals surface area contributed by atoms with E-state index in [0.29, 0.717) is 6.04 Å². The molecule has 0 aliphatic carbocycles. The highest BCUT2D eigenvalue weighted by atomic mass is 32.1. The lowest BCUT2D eigenvalue weighted by atomic mass is 9.87. The van der Waals surface area contributed by atoms with Crippen LogP contribution in [0.3, 0.4) is 0 Å². The molecule has 1 atom stereocenters. The molecule has 0 radical (unpaired) electrons. The summed E-state index contributed by atoms with van der Waals surface area (Å²) >= 11 is 1.86. The zero-order valence-electron chi connectivity index (χ0n) is 11.0. The molecule has 0 fully saturated rings. The predicted molar refractivity (Wildman–Crippen MR) is 74.2 cm³/mol. The molecule has 1 nitrogen and oxygen atoms in total.